The summed E-state index contributed by atoms with van der Waals surface area (Å²) in [6.45, 7) is 3.73. The van der Waals surface area contributed by atoms with Crippen molar-refractivity contribution in [3.63, 3.8) is 0 Å². The van der Waals surface area contributed by atoms with Crippen LogP contribution in [0.3, 0.4) is 0 Å². The van der Waals surface area contributed by atoms with Gasteiger partial charge in [-0.1, -0.05) is 37.6 Å². The molecule has 0 radical (unpaired) electrons. The number of nitrogens with one attached hydrogen (secondary N) is 1. The van der Waals surface area contributed by atoms with E-state index in [1.807, 2.05) is 13.8 Å². The lowest BCUT2D eigenvalue weighted by Crippen LogP contribution is -2.39. The van der Waals surface area contributed by atoms with E-state index in [0.717, 1.165) is 0 Å². The molecule has 1 aromatic carbocycles. The van der Waals surface area contributed by atoms with Gasteiger partial charge in [-0.3, -0.25) is 0 Å². The molecule has 0 bridgehead atoms. The van der Waals surface area contributed by atoms with E-state index in [1.165, 1.54) is 12.1 Å². The van der Waals surface area contributed by atoms with Crippen molar-refractivity contribution in [3.05, 3.63) is 29.3 Å². The van der Waals surface area contributed by atoms with Gasteiger partial charge >= 0.3 is 0 Å². The standard InChI is InChI=1S/C12H18ClNO3S/c1-9(2)11(7-8-15)14-18(16,17)12-6-4-3-5-10(12)13/h3-6,9,11,14-15H,7-8H2,1-2H3. The molecular weight excluding hydrogens is 274 g/mol. The minimum atomic E-state index is -3.65. The number of rotatable bonds is 6. The van der Waals surface area contributed by atoms with E-state index in [1.54, 1.807) is 12.1 Å². The smallest absolute Gasteiger partial charge is 0.242 e. The molecule has 0 fully saturated rings. The average Bonchev–Trinajstić information content (AvgIpc) is 2.28. The maximum atomic E-state index is 12.2. The van der Waals surface area contributed by atoms with E-state index in [4.69, 9.17) is 16.7 Å². The largest absolute Gasteiger partial charge is 0.396 e. The van der Waals surface area contributed by atoms with Crippen LogP contribution in [0.15, 0.2) is 29.2 Å². The van der Waals surface area contributed by atoms with E-state index >= 15 is 0 Å². The molecule has 1 rings (SSSR count). The third-order valence-electron chi connectivity index (χ3n) is 2.68. The Morgan fingerprint density at radius 3 is 2.44 bits per heavy atom. The third-order valence-corrected chi connectivity index (χ3v) is 4.67. The fraction of sp³-hybridized carbons (Fsp3) is 0.500. The Kier molecular flexibility index (Phi) is 5.59. The third kappa shape index (κ3) is 3.95. The first-order valence-electron chi connectivity index (χ1n) is 5.76. The van der Waals surface area contributed by atoms with E-state index < -0.39 is 10.0 Å². The molecule has 0 aliphatic heterocycles. The van der Waals surface area contributed by atoms with Crippen LogP contribution in [0, 0.1) is 5.92 Å². The number of aliphatic hydroxyl groups excluding tert-OH is 1. The maximum Gasteiger partial charge on any atom is 0.242 e. The second kappa shape index (κ2) is 6.52. The van der Waals surface area contributed by atoms with Crippen molar-refractivity contribution in [3.8, 4) is 0 Å². The second-order valence-corrected chi connectivity index (χ2v) is 6.50. The second-order valence-electron chi connectivity index (χ2n) is 4.41. The quantitative estimate of drug-likeness (QED) is 0.843. The lowest BCUT2D eigenvalue weighted by molar-refractivity contribution is 0.256. The van der Waals surface area contributed by atoms with Crippen LogP contribution in [0.1, 0.15) is 20.3 Å². The first-order chi connectivity index (χ1) is 8.38. The molecule has 0 amide bonds. The summed E-state index contributed by atoms with van der Waals surface area (Å²) < 4.78 is 26.9. The number of halogens is 1. The van der Waals surface area contributed by atoms with Crippen LogP contribution in [0.5, 0.6) is 0 Å². The molecule has 4 nitrogen and oxygen atoms in total. The summed E-state index contributed by atoms with van der Waals surface area (Å²) in [7, 11) is -3.65. The van der Waals surface area contributed by atoms with Gasteiger partial charge < -0.3 is 5.11 Å². The predicted octanol–water partition coefficient (Wildman–Crippen LogP) is 2.03. The summed E-state index contributed by atoms with van der Waals surface area (Å²) in [4.78, 5) is 0.0651. The summed E-state index contributed by atoms with van der Waals surface area (Å²) in [6.07, 6.45) is 0.376. The van der Waals surface area contributed by atoms with Gasteiger partial charge in [0.2, 0.25) is 10.0 Å². The van der Waals surface area contributed by atoms with Crippen LogP contribution in [0.4, 0.5) is 0 Å². The molecule has 1 aromatic rings. The van der Waals surface area contributed by atoms with Crippen molar-refractivity contribution in [2.24, 2.45) is 5.92 Å². The highest BCUT2D eigenvalue weighted by Gasteiger charge is 2.23. The lowest BCUT2D eigenvalue weighted by atomic mass is 10.0. The molecule has 0 aromatic heterocycles. The Bertz CT molecular complexity index is 488. The Labute approximate surface area is 113 Å². The fourth-order valence-electron chi connectivity index (χ4n) is 1.59. The lowest BCUT2D eigenvalue weighted by Gasteiger charge is -2.21. The summed E-state index contributed by atoms with van der Waals surface area (Å²) in [5, 5.41) is 9.14. The Hall–Kier alpha value is -0.620. The van der Waals surface area contributed by atoms with Crippen molar-refractivity contribution in [2.75, 3.05) is 6.61 Å². The number of hydrogen-bond donors (Lipinski definition) is 2. The van der Waals surface area contributed by atoms with Crippen molar-refractivity contribution in [1.82, 2.24) is 4.72 Å². The van der Waals surface area contributed by atoms with Crippen molar-refractivity contribution < 1.29 is 13.5 Å². The molecule has 0 heterocycles. The van der Waals surface area contributed by atoms with Crippen LogP contribution in [0.25, 0.3) is 0 Å². The van der Waals surface area contributed by atoms with E-state index in [-0.39, 0.29) is 28.5 Å². The molecule has 0 saturated carbocycles. The van der Waals surface area contributed by atoms with Gasteiger partial charge in [0.25, 0.3) is 0 Å². The number of hydrogen-bond acceptors (Lipinski definition) is 3. The minimum absolute atomic E-state index is 0.0616. The molecule has 2 N–H and O–H groups in total. The van der Waals surface area contributed by atoms with Gasteiger partial charge in [-0.25, -0.2) is 13.1 Å². The highest BCUT2D eigenvalue weighted by molar-refractivity contribution is 7.89. The van der Waals surface area contributed by atoms with Gasteiger partial charge in [0.1, 0.15) is 4.90 Å². The van der Waals surface area contributed by atoms with E-state index in [0.29, 0.717) is 6.42 Å². The first-order valence-corrected chi connectivity index (χ1v) is 7.62. The summed E-state index contributed by atoms with van der Waals surface area (Å²) in [6, 6.07) is 5.98. The monoisotopic (exact) mass is 291 g/mol. The van der Waals surface area contributed by atoms with E-state index in [2.05, 4.69) is 4.72 Å². The molecule has 102 valence electrons. The Morgan fingerprint density at radius 1 is 1.33 bits per heavy atom. The van der Waals surface area contributed by atoms with Crippen LogP contribution >= 0.6 is 11.6 Å². The zero-order chi connectivity index (χ0) is 13.8. The molecule has 0 aliphatic rings. The molecule has 0 spiro atoms. The highest BCUT2D eigenvalue weighted by atomic mass is 35.5. The zero-order valence-corrected chi connectivity index (χ0v) is 12.0. The first kappa shape index (κ1) is 15.4. The number of sulfonamides is 1. The molecular formula is C12H18ClNO3S. The molecule has 6 heteroatoms. The molecule has 1 unspecified atom stereocenters. The van der Waals surface area contributed by atoms with Crippen LogP contribution in [-0.2, 0) is 10.0 Å². The molecule has 0 aliphatic carbocycles. The average molecular weight is 292 g/mol. The van der Waals surface area contributed by atoms with Crippen LogP contribution in [0.2, 0.25) is 5.02 Å². The summed E-state index contributed by atoms with van der Waals surface area (Å²) >= 11 is 5.88. The zero-order valence-electron chi connectivity index (χ0n) is 10.4. The van der Waals surface area contributed by atoms with Gasteiger partial charge in [-0.05, 0) is 24.5 Å². The molecule has 18 heavy (non-hydrogen) atoms. The predicted molar refractivity (Wildman–Crippen MR) is 72.1 cm³/mol. The Balaban J connectivity index is 2.97. The number of aliphatic hydroxyl groups is 1. The molecule has 1 atom stereocenters. The maximum absolute atomic E-state index is 12.2. The fourth-order valence-corrected chi connectivity index (χ4v) is 3.53. The minimum Gasteiger partial charge on any atom is -0.396 e. The van der Waals surface area contributed by atoms with Crippen LogP contribution in [-0.4, -0.2) is 26.2 Å². The van der Waals surface area contributed by atoms with Gasteiger partial charge in [0.15, 0.2) is 0 Å². The SMILES string of the molecule is CC(C)C(CCO)NS(=O)(=O)c1ccccc1Cl. The van der Waals surface area contributed by atoms with Gasteiger partial charge in [0.05, 0.1) is 5.02 Å². The molecule has 0 saturated heterocycles. The topological polar surface area (TPSA) is 66.4 Å². The number of benzene rings is 1. The van der Waals surface area contributed by atoms with Crippen molar-refractivity contribution in [2.45, 2.75) is 31.2 Å². The van der Waals surface area contributed by atoms with E-state index in [9.17, 15) is 8.42 Å². The summed E-state index contributed by atoms with van der Waals surface area (Å²) in [5.41, 5.74) is 0. The van der Waals surface area contributed by atoms with Crippen LogP contribution < -0.4 is 4.72 Å². The van der Waals surface area contributed by atoms with Gasteiger partial charge in [-0.2, -0.15) is 0 Å². The van der Waals surface area contributed by atoms with Crippen molar-refractivity contribution >= 4 is 21.6 Å². The normalized spacial score (nSPS) is 13.8. The summed E-state index contributed by atoms with van der Waals surface area (Å²) in [5.74, 6) is 0.0920. The Morgan fingerprint density at radius 2 is 1.94 bits per heavy atom. The van der Waals surface area contributed by atoms with Crippen molar-refractivity contribution in [1.29, 1.82) is 0 Å². The van der Waals surface area contributed by atoms with Gasteiger partial charge in [-0.15, -0.1) is 0 Å². The highest BCUT2D eigenvalue weighted by Crippen LogP contribution is 2.21. The van der Waals surface area contributed by atoms with Gasteiger partial charge in [0, 0.05) is 12.6 Å².